The largest absolute Gasteiger partial charge is 0.394 e. The highest BCUT2D eigenvalue weighted by Gasteiger charge is 2.25. The molecule has 0 bridgehead atoms. The average molecular weight is 336 g/mol. The van der Waals surface area contributed by atoms with E-state index in [0.717, 1.165) is 11.3 Å². The Labute approximate surface area is 139 Å². The Morgan fingerprint density at radius 3 is 2.83 bits per heavy atom. The molecule has 124 valence electrons. The Morgan fingerprint density at radius 2 is 2.09 bits per heavy atom. The first-order valence-electron chi connectivity index (χ1n) is 7.35. The molecule has 6 nitrogen and oxygen atoms in total. The van der Waals surface area contributed by atoms with Gasteiger partial charge in [-0.3, -0.25) is 9.59 Å². The van der Waals surface area contributed by atoms with Gasteiger partial charge in [0.15, 0.2) is 0 Å². The van der Waals surface area contributed by atoms with Gasteiger partial charge in [0.1, 0.15) is 6.54 Å². The van der Waals surface area contributed by atoms with Crippen molar-refractivity contribution in [3.8, 4) is 0 Å². The second-order valence-electron chi connectivity index (χ2n) is 4.85. The van der Waals surface area contributed by atoms with Crippen molar-refractivity contribution >= 4 is 29.3 Å². The number of thioether (sulfide) groups is 1. The molecule has 23 heavy (non-hydrogen) atoms. The number of aliphatic hydroxyl groups excluding tert-OH is 1. The standard InChI is InChI=1S/C16H20N2O4S/c19-7-9-22-8-6-17-15(20)10-18-14(11-23-12-16(18)21)13-4-2-1-3-5-13/h1-5,11,19H,6-10,12H2,(H,17,20). The molecule has 0 atom stereocenters. The van der Waals surface area contributed by atoms with Gasteiger partial charge in [0.25, 0.3) is 0 Å². The number of ether oxygens (including phenoxy) is 1. The summed E-state index contributed by atoms with van der Waals surface area (Å²) in [6.45, 7) is 0.870. The predicted molar refractivity (Wildman–Crippen MR) is 89.5 cm³/mol. The molecule has 2 rings (SSSR count). The number of carbonyl (C=O) groups excluding carboxylic acids is 2. The molecule has 1 aliphatic heterocycles. The van der Waals surface area contributed by atoms with E-state index >= 15 is 0 Å². The van der Waals surface area contributed by atoms with Gasteiger partial charge < -0.3 is 20.1 Å². The zero-order chi connectivity index (χ0) is 16.5. The first-order chi connectivity index (χ1) is 11.2. The van der Waals surface area contributed by atoms with E-state index < -0.39 is 0 Å². The summed E-state index contributed by atoms with van der Waals surface area (Å²) in [5.41, 5.74) is 1.66. The lowest BCUT2D eigenvalue weighted by Crippen LogP contribution is -2.42. The number of nitrogens with one attached hydrogen (secondary N) is 1. The molecule has 1 heterocycles. The van der Waals surface area contributed by atoms with E-state index in [1.54, 1.807) is 0 Å². The molecule has 1 aromatic carbocycles. The van der Waals surface area contributed by atoms with Crippen LogP contribution in [0, 0.1) is 0 Å². The van der Waals surface area contributed by atoms with Crippen LogP contribution in [-0.2, 0) is 14.3 Å². The molecule has 1 aromatic rings. The molecule has 0 fully saturated rings. The van der Waals surface area contributed by atoms with Crippen LogP contribution < -0.4 is 5.32 Å². The lowest BCUT2D eigenvalue weighted by molar-refractivity contribution is -0.131. The average Bonchev–Trinajstić information content (AvgIpc) is 2.57. The van der Waals surface area contributed by atoms with Crippen LogP contribution in [0.3, 0.4) is 0 Å². The first kappa shape index (κ1) is 17.5. The Bertz CT molecular complexity index is 562. The maximum absolute atomic E-state index is 12.2. The van der Waals surface area contributed by atoms with Crippen molar-refractivity contribution in [3.05, 3.63) is 41.3 Å². The van der Waals surface area contributed by atoms with Gasteiger partial charge in [-0.15, -0.1) is 11.8 Å². The van der Waals surface area contributed by atoms with Crippen molar-refractivity contribution in [2.75, 3.05) is 38.7 Å². The van der Waals surface area contributed by atoms with Crippen LogP contribution in [0.5, 0.6) is 0 Å². The molecule has 7 heteroatoms. The number of carbonyl (C=O) groups is 2. The van der Waals surface area contributed by atoms with Gasteiger partial charge >= 0.3 is 0 Å². The maximum atomic E-state index is 12.2. The SMILES string of the molecule is O=C(CN1C(=O)CSC=C1c1ccccc1)NCCOCCO. The summed E-state index contributed by atoms with van der Waals surface area (Å²) in [5, 5.41) is 13.2. The lowest BCUT2D eigenvalue weighted by atomic mass is 10.1. The third kappa shape index (κ3) is 5.38. The molecular weight excluding hydrogens is 316 g/mol. The number of nitrogens with zero attached hydrogens (tertiary/aromatic N) is 1. The zero-order valence-electron chi connectivity index (χ0n) is 12.7. The Balaban J connectivity index is 1.93. The second kappa shape index (κ2) is 9.34. The third-order valence-corrected chi connectivity index (χ3v) is 3.97. The summed E-state index contributed by atoms with van der Waals surface area (Å²) in [7, 11) is 0. The molecule has 0 saturated carbocycles. The summed E-state index contributed by atoms with van der Waals surface area (Å²) in [6, 6.07) is 9.54. The van der Waals surface area contributed by atoms with E-state index in [2.05, 4.69) is 5.32 Å². The van der Waals surface area contributed by atoms with Crippen LogP contribution in [0.1, 0.15) is 5.56 Å². The fourth-order valence-electron chi connectivity index (χ4n) is 2.10. The molecule has 0 saturated heterocycles. The van der Waals surface area contributed by atoms with Crippen molar-refractivity contribution in [2.24, 2.45) is 0 Å². The van der Waals surface area contributed by atoms with Crippen molar-refractivity contribution < 1.29 is 19.4 Å². The van der Waals surface area contributed by atoms with E-state index in [-0.39, 0.29) is 31.6 Å². The first-order valence-corrected chi connectivity index (χ1v) is 8.40. The summed E-state index contributed by atoms with van der Waals surface area (Å²) in [4.78, 5) is 25.7. The molecule has 2 amide bonds. The number of aliphatic hydroxyl groups is 1. The van der Waals surface area contributed by atoms with Crippen LogP contribution in [0.25, 0.3) is 5.70 Å². The normalized spacial score (nSPS) is 14.6. The van der Waals surface area contributed by atoms with E-state index in [1.807, 2.05) is 35.7 Å². The van der Waals surface area contributed by atoms with Gasteiger partial charge in [-0.05, 0) is 11.0 Å². The van der Waals surface area contributed by atoms with Crippen molar-refractivity contribution in [1.82, 2.24) is 10.2 Å². The summed E-state index contributed by atoms with van der Waals surface area (Å²) < 4.78 is 5.07. The number of hydrogen-bond donors (Lipinski definition) is 2. The Kier molecular flexibility index (Phi) is 7.12. The summed E-state index contributed by atoms with van der Waals surface area (Å²) >= 11 is 1.44. The molecule has 0 spiro atoms. The highest BCUT2D eigenvalue weighted by atomic mass is 32.2. The fourth-order valence-corrected chi connectivity index (χ4v) is 2.91. The molecule has 0 aromatic heterocycles. The smallest absolute Gasteiger partial charge is 0.240 e. The number of benzene rings is 1. The summed E-state index contributed by atoms with van der Waals surface area (Å²) in [5.74, 6) is 0.0196. The Morgan fingerprint density at radius 1 is 1.30 bits per heavy atom. The third-order valence-electron chi connectivity index (χ3n) is 3.17. The van der Waals surface area contributed by atoms with Crippen molar-refractivity contribution in [3.63, 3.8) is 0 Å². The van der Waals surface area contributed by atoms with Gasteiger partial charge in [0.05, 0.1) is 31.3 Å². The second-order valence-corrected chi connectivity index (χ2v) is 5.70. The predicted octanol–water partition coefficient (Wildman–Crippen LogP) is 0.685. The minimum absolute atomic E-state index is 0.0138. The van der Waals surface area contributed by atoms with Crippen LogP contribution in [0.2, 0.25) is 0 Å². The topological polar surface area (TPSA) is 78.9 Å². The molecule has 1 aliphatic rings. The van der Waals surface area contributed by atoms with E-state index in [1.165, 1.54) is 16.7 Å². The van der Waals surface area contributed by atoms with Crippen LogP contribution in [0.15, 0.2) is 35.7 Å². The molecule has 0 unspecified atom stereocenters. The monoisotopic (exact) mass is 336 g/mol. The van der Waals surface area contributed by atoms with E-state index in [4.69, 9.17) is 9.84 Å². The number of rotatable bonds is 8. The molecule has 2 N–H and O–H groups in total. The zero-order valence-corrected chi connectivity index (χ0v) is 13.6. The molecular formula is C16H20N2O4S. The highest BCUT2D eigenvalue weighted by Crippen LogP contribution is 2.27. The van der Waals surface area contributed by atoms with Crippen molar-refractivity contribution in [2.45, 2.75) is 0 Å². The fraction of sp³-hybridized carbons (Fsp3) is 0.375. The molecule has 0 radical (unpaired) electrons. The van der Waals surface area contributed by atoms with Gasteiger partial charge in [-0.1, -0.05) is 30.3 Å². The summed E-state index contributed by atoms with van der Waals surface area (Å²) in [6.07, 6.45) is 0. The minimum atomic E-state index is -0.236. The van der Waals surface area contributed by atoms with Crippen LogP contribution in [-0.4, -0.2) is 60.5 Å². The maximum Gasteiger partial charge on any atom is 0.240 e. The quantitative estimate of drug-likeness (QED) is 0.683. The minimum Gasteiger partial charge on any atom is -0.394 e. The van der Waals surface area contributed by atoms with Gasteiger partial charge in [-0.25, -0.2) is 0 Å². The van der Waals surface area contributed by atoms with Crippen molar-refractivity contribution in [1.29, 1.82) is 0 Å². The molecule has 0 aliphatic carbocycles. The highest BCUT2D eigenvalue weighted by molar-refractivity contribution is 8.03. The lowest BCUT2D eigenvalue weighted by Gasteiger charge is -2.28. The van der Waals surface area contributed by atoms with E-state index in [9.17, 15) is 9.59 Å². The van der Waals surface area contributed by atoms with Gasteiger partial charge in [0.2, 0.25) is 11.8 Å². The van der Waals surface area contributed by atoms with Crippen LogP contribution >= 0.6 is 11.8 Å². The van der Waals surface area contributed by atoms with Crippen LogP contribution in [0.4, 0.5) is 0 Å². The number of amides is 2. The Hall–Kier alpha value is -1.83. The van der Waals surface area contributed by atoms with Gasteiger partial charge in [-0.2, -0.15) is 0 Å². The van der Waals surface area contributed by atoms with E-state index in [0.29, 0.717) is 18.9 Å². The number of hydrogen-bond acceptors (Lipinski definition) is 5. The van der Waals surface area contributed by atoms with Gasteiger partial charge in [0, 0.05) is 6.54 Å².